The molecule has 6 nitrogen and oxygen atoms in total. The number of carboxylic acid groups (broad SMARTS) is 1. The largest absolute Gasteiger partial charge is 0.550 e. The molecule has 116 valence electrons. The fourth-order valence-electron chi connectivity index (χ4n) is 1.41. The molecule has 0 fully saturated rings. The summed E-state index contributed by atoms with van der Waals surface area (Å²) in [6.07, 6.45) is 7.38. The number of aromatic nitrogens is 2. The first-order valence-electron chi connectivity index (χ1n) is 6.96. The van der Waals surface area contributed by atoms with Gasteiger partial charge >= 0.3 is 0 Å². The molecule has 6 heteroatoms. The van der Waals surface area contributed by atoms with Gasteiger partial charge in [0.05, 0.1) is 33.4 Å². The number of carbonyl (C=O) groups is 1. The van der Waals surface area contributed by atoms with Crippen LogP contribution in [0.2, 0.25) is 0 Å². The Bertz CT molecular complexity index is 353. The van der Waals surface area contributed by atoms with E-state index in [0.29, 0.717) is 19.8 Å². The zero-order chi connectivity index (χ0) is 15.2. The van der Waals surface area contributed by atoms with Crippen LogP contribution >= 0.6 is 0 Å². The van der Waals surface area contributed by atoms with Gasteiger partial charge in [0.2, 0.25) is 6.33 Å². The number of carboxylic acids is 1. The van der Waals surface area contributed by atoms with E-state index in [9.17, 15) is 9.90 Å². The van der Waals surface area contributed by atoms with Gasteiger partial charge in [-0.05, 0) is 13.3 Å². The third kappa shape index (κ3) is 11.7. The van der Waals surface area contributed by atoms with Crippen molar-refractivity contribution < 1.29 is 23.9 Å². The highest BCUT2D eigenvalue weighted by Gasteiger charge is 1.95. The van der Waals surface area contributed by atoms with Crippen LogP contribution in [0, 0.1) is 0 Å². The summed E-state index contributed by atoms with van der Waals surface area (Å²) < 4.78 is 14.1. The van der Waals surface area contributed by atoms with E-state index in [2.05, 4.69) is 34.8 Å². The van der Waals surface area contributed by atoms with Gasteiger partial charge in [-0.3, -0.25) is 0 Å². The molecule has 0 atom stereocenters. The number of rotatable bonds is 9. The summed E-state index contributed by atoms with van der Waals surface area (Å²) in [5, 5.41) is 9.87. The molecule has 1 rings (SSSR count). The second-order valence-electron chi connectivity index (χ2n) is 4.25. The van der Waals surface area contributed by atoms with Gasteiger partial charge in [-0.25, -0.2) is 9.13 Å². The molecule has 1 aromatic heterocycles. The van der Waals surface area contributed by atoms with Gasteiger partial charge < -0.3 is 19.4 Å². The van der Waals surface area contributed by atoms with Gasteiger partial charge in [-0.2, -0.15) is 0 Å². The Morgan fingerprint density at radius 2 is 1.95 bits per heavy atom. The number of aliphatic carboxylic acids is 1. The minimum Gasteiger partial charge on any atom is -0.550 e. The maximum Gasteiger partial charge on any atom is 0.243 e. The van der Waals surface area contributed by atoms with E-state index in [4.69, 9.17) is 9.47 Å². The highest BCUT2D eigenvalue weighted by Crippen LogP contribution is 1.85. The summed E-state index contributed by atoms with van der Waals surface area (Å²) in [6, 6.07) is 0. The van der Waals surface area contributed by atoms with Crippen LogP contribution in [0.3, 0.4) is 0 Å². The Hall–Kier alpha value is -1.40. The molecular weight excluding hydrogens is 260 g/mol. The number of hydrogen-bond acceptors (Lipinski definition) is 4. The van der Waals surface area contributed by atoms with Gasteiger partial charge in [0.15, 0.2) is 0 Å². The molecule has 0 aliphatic rings. The standard InChI is InChI=1S/C7H13N2.C7H14O4/c1-3-4-9-6-5-8(2)7-9;1-2-10-5-6-11-4-3-7(8)9/h5-7H,3-4H2,1-2H3;2-6H2,1H3,(H,8,9)/q+1;/p-1. The normalized spacial score (nSPS) is 9.95. The summed E-state index contributed by atoms with van der Waals surface area (Å²) in [6.45, 7) is 7.02. The molecule has 0 saturated carbocycles. The lowest BCUT2D eigenvalue weighted by atomic mass is 10.5. The molecule has 0 spiro atoms. The van der Waals surface area contributed by atoms with Crippen molar-refractivity contribution >= 4 is 5.97 Å². The predicted octanol–water partition coefficient (Wildman–Crippen LogP) is -0.0979. The Morgan fingerprint density at radius 1 is 1.25 bits per heavy atom. The first-order valence-corrected chi connectivity index (χ1v) is 6.96. The Morgan fingerprint density at radius 3 is 2.45 bits per heavy atom. The molecule has 0 N–H and O–H groups in total. The maximum absolute atomic E-state index is 9.87. The van der Waals surface area contributed by atoms with Gasteiger partial charge in [-0.1, -0.05) is 6.92 Å². The average Bonchev–Trinajstić information content (AvgIpc) is 2.80. The van der Waals surface area contributed by atoms with E-state index in [1.807, 2.05) is 14.0 Å². The lowest BCUT2D eigenvalue weighted by Gasteiger charge is -2.04. The molecule has 0 bridgehead atoms. The first-order chi connectivity index (χ1) is 9.60. The molecule has 0 aliphatic heterocycles. The maximum atomic E-state index is 9.87. The third-order valence-electron chi connectivity index (χ3n) is 2.33. The summed E-state index contributed by atoms with van der Waals surface area (Å²) in [4.78, 5) is 9.87. The van der Waals surface area contributed by atoms with Gasteiger partial charge in [0, 0.05) is 19.0 Å². The van der Waals surface area contributed by atoms with Crippen LogP contribution in [0.15, 0.2) is 18.7 Å². The van der Waals surface area contributed by atoms with Crippen molar-refractivity contribution in [3.63, 3.8) is 0 Å². The van der Waals surface area contributed by atoms with Crippen LogP contribution in [0.1, 0.15) is 26.7 Å². The molecule has 20 heavy (non-hydrogen) atoms. The predicted molar refractivity (Wildman–Crippen MR) is 72.8 cm³/mol. The molecule has 1 aromatic rings. The van der Waals surface area contributed by atoms with Crippen molar-refractivity contribution in [2.24, 2.45) is 7.05 Å². The van der Waals surface area contributed by atoms with Crippen LogP contribution < -0.4 is 9.67 Å². The number of aryl methyl sites for hydroxylation is 2. The lowest BCUT2D eigenvalue weighted by molar-refractivity contribution is -0.671. The van der Waals surface area contributed by atoms with Gasteiger partial charge in [-0.15, -0.1) is 0 Å². The molecule has 0 unspecified atom stereocenters. The van der Waals surface area contributed by atoms with Crippen molar-refractivity contribution in [3.8, 4) is 0 Å². The van der Waals surface area contributed by atoms with E-state index in [-0.39, 0.29) is 13.0 Å². The molecule has 0 aliphatic carbocycles. The van der Waals surface area contributed by atoms with Crippen molar-refractivity contribution in [2.45, 2.75) is 33.2 Å². The average molecular weight is 286 g/mol. The fraction of sp³-hybridized carbons (Fsp3) is 0.714. The fourth-order valence-corrected chi connectivity index (χ4v) is 1.41. The van der Waals surface area contributed by atoms with E-state index < -0.39 is 5.97 Å². The summed E-state index contributed by atoms with van der Waals surface area (Å²) >= 11 is 0. The zero-order valence-electron chi connectivity index (χ0n) is 12.7. The third-order valence-corrected chi connectivity index (χ3v) is 2.33. The van der Waals surface area contributed by atoms with E-state index in [0.717, 1.165) is 6.54 Å². The van der Waals surface area contributed by atoms with E-state index in [1.165, 1.54) is 6.42 Å². The van der Waals surface area contributed by atoms with Crippen molar-refractivity contribution in [1.82, 2.24) is 4.57 Å². The van der Waals surface area contributed by atoms with E-state index in [1.54, 1.807) is 0 Å². The van der Waals surface area contributed by atoms with Crippen molar-refractivity contribution in [2.75, 3.05) is 26.4 Å². The Labute approximate surface area is 120 Å². The number of imidazole rings is 1. The molecule has 0 saturated heterocycles. The molecule has 0 aromatic carbocycles. The highest BCUT2D eigenvalue weighted by atomic mass is 16.5. The van der Waals surface area contributed by atoms with Crippen LogP contribution in [-0.2, 0) is 27.9 Å². The first kappa shape index (κ1) is 18.6. The summed E-state index contributed by atoms with van der Waals surface area (Å²) in [5.74, 6) is -1.08. The number of hydrogen-bond donors (Lipinski definition) is 0. The van der Waals surface area contributed by atoms with Crippen molar-refractivity contribution in [1.29, 1.82) is 0 Å². The minimum absolute atomic E-state index is 0.0495. The Balaban J connectivity index is 0.000000367. The van der Waals surface area contributed by atoms with Crippen LogP contribution in [-0.4, -0.2) is 37.0 Å². The second-order valence-corrected chi connectivity index (χ2v) is 4.25. The highest BCUT2D eigenvalue weighted by molar-refractivity contribution is 5.64. The van der Waals surface area contributed by atoms with Crippen LogP contribution in [0.5, 0.6) is 0 Å². The number of carbonyl (C=O) groups excluding carboxylic acids is 1. The molecule has 0 amide bonds. The lowest BCUT2D eigenvalue weighted by Crippen LogP contribution is -2.23. The van der Waals surface area contributed by atoms with Crippen LogP contribution in [0.4, 0.5) is 0 Å². The zero-order valence-corrected chi connectivity index (χ0v) is 12.7. The minimum atomic E-state index is -1.08. The van der Waals surface area contributed by atoms with E-state index >= 15 is 0 Å². The SMILES string of the molecule is CCCn1cc[n+](C)c1.CCOCCOCCC(=O)[O-]. The van der Waals surface area contributed by atoms with Crippen molar-refractivity contribution in [3.05, 3.63) is 18.7 Å². The topological polar surface area (TPSA) is 67.4 Å². The quantitative estimate of drug-likeness (QED) is 0.470. The summed E-state index contributed by atoms with van der Waals surface area (Å²) in [5.41, 5.74) is 0. The number of nitrogens with zero attached hydrogens (tertiary/aromatic N) is 2. The number of ether oxygens (including phenoxy) is 2. The molecular formula is C14H26N2O4. The monoisotopic (exact) mass is 286 g/mol. The Kier molecular flexibility index (Phi) is 11.7. The molecule has 1 heterocycles. The van der Waals surface area contributed by atoms with Gasteiger partial charge in [0.25, 0.3) is 0 Å². The second kappa shape index (κ2) is 12.6. The smallest absolute Gasteiger partial charge is 0.243 e. The van der Waals surface area contributed by atoms with Crippen LogP contribution in [0.25, 0.3) is 0 Å². The van der Waals surface area contributed by atoms with Gasteiger partial charge in [0.1, 0.15) is 12.4 Å². The molecule has 0 radical (unpaired) electrons. The summed E-state index contributed by atoms with van der Waals surface area (Å²) in [7, 11) is 2.03.